The minimum absolute atomic E-state index is 0.506. The van der Waals surface area contributed by atoms with E-state index in [9.17, 15) is 0 Å². The Bertz CT molecular complexity index is 287. The molecule has 0 aliphatic rings. The molecular formula is C12H17Cl. The van der Waals surface area contributed by atoms with Gasteiger partial charge in [0.15, 0.2) is 0 Å². The van der Waals surface area contributed by atoms with Gasteiger partial charge in [0.2, 0.25) is 0 Å². The fraction of sp³-hybridized carbons (Fsp3) is 0.500. The van der Waals surface area contributed by atoms with Gasteiger partial charge in [-0.05, 0) is 29.0 Å². The van der Waals surface area contributed by atoms with Crippen LogP contribution in [0.25, 0.3) is 0 Å². The second kappa shape index (κ2) is 4.15. The zero-order valence-corrected chi connectivity index (χ0v) is 9.52. The van der Waals surface area contributed by atoms with Gasteiger partial charge in [-0.2, -0.15) is 0 Å². The van der Waals surface area contributed by atoms with Gasteiger partial charge in [-0.15, -0.1) is 0 Å². The van der Waals surface area contributed by atoms with Crippen LogP contribution in [0.2, 0.25) is 5.02 Å². The van der Waals surface area contributed by atoms with E-state index in [1.165, 1.54) is 11.1 Å². The largest absolute Gasteiger partial charge is 0.0840 e. The molecule has 0 spiro atoms. The summed E-state index contributed by atoms with van der Waals surface area (Å²) in [6, 6.07) is 6.34. The lowest BCUT2D eigenvalue weighted by molar-refractivity contribution is 0.834. The maximum Gasteiger partial charge on any atom is 0.0440 e. The van der Waals surface area contributed by atoms with Crippen LogP contribution >= 0.6 is 11.6 Å². The molecule has 13 heavy (non-hydrogen) atoms. The Morgan fingerprint density at radius 2 is 1.62 bits per heavy atom. The monoisotopic (exact) mass is 196 g/mol. The Labute approximate surface area is 85.9 Å². The third-order valence-corrected chi connectivity index (χ3v) is 2.65. The van der Waals surface area contributed by atoms with E-state index >= 15 is 0 Å². The summed E-state index contributed by atoms with van der Waals surface area (Å²) >= 11 is 6.10. The van der Waals surface area contributed by atoms with Gasteiger partial charge in [0.25, 0.3) is 0 Å². The van der Waals surface area contributed by atoms with E-state index in [1.807, 2.05) is 6.07 Å². The van der Waals surface area contributed by atoms with Gasteiger partial charge in [-0.3, -0.25) is 0 Å². The number of rotatable bonds is 2. The van der Waals surface area contributed by atoms with E-state index in [1.54, 1.807) is 0 Å². The lowest BCUT2D eigenvalue weighted by atomic mass is 9.96. The fourth-order valence-corrected chi connectivity index (χ4v) is 1.70. The van der Waals surface area contributed by atoms with Gasteiger partial charge in [0.1, 0.15) is 0 Å². The summed E-state index contributed by atoms with van der Waals surface area (Å²) in [7, 11) is 0. The minimum atomic E-state index is 0.506. The summed E-state index contributed by atoms with van der Waals surface area (Å²) in [4.78, 5) is 0. The first kappa shape index (κ1) is 10.6. The van der Waals surface area contributed by atoms with Crippen molar-refractivity contribution in [3.05, 3.63) is 34.3 Å². The third kappa shape index (κ3) is 2.47. The van der Waals surface area contributed by atoms with E-state index in [0.29, 0.717) is 11.8 Å². The molecule has 0 radical (unpaired) electrons. The van der Waals surface area contributed by atoms with Gasteiger partial charge < -0.3 is 0 Å². The highest BCUT2D eigenvalue weighted by Gasteiger charge is 2.07. The molecule has 0 nitrogen and oxygen atoms in total. The molecule has 0 aliphatic carbocycles. The maximum atomic E-state index is 6.10. The Morgan fingerprint density at radius 3 is 2.08 bits per heavy atom. The number of halogens is 1. The SMILES string of the molecule is CC(C)c1ccc(Cl)c(C(C)C)c1. The van der Waals surface area contributed by atoms with Crippen LogP contribution in [0.1, 0.15) is 50.7 Å². The smallest absolute Gasteiger partial charge is 0.0440 e. The molecule has 1 heteroatoms. The van der Waals surface area contributed by atoms with E-state index < -0.39 is 0 Å². The molecule has 1 aromatic carbocycles. The van der Waals surface area contributed by atoms with Crippen molar-refractivity contribution in [2.75, 3.05) is 0 Å². The molecule has 0 saturated carbocycles. The minimum Gasteiger partial charge on any atom is -0.0840 e. The summed E-state index contributed by atoms with van der Waals surface area (Å²) in [5.41, 5.74) is 2.63. The Morgan fingerprint density at radius 1 is 1.00 bits per heavy atom. The van der Waals surface area contributed by atoms with Crippen molar-refractivity contribution in [1.82, 2.24) is 0 Å². The highest BCUT2D eigenvalue weighted by atomic mass is 35.5. The van der Waals surface area contributed by atoms with Gasteiger partial charge in [-0.25, -0.2) is 0 Å². The molecular weight excluding hydrogens is 180 g/mol. The standard InChI is InChI=1S/C12H17Cl/c1-8(2)10-5-6-12(13)11(7-10)9(3)4/h5-9H,1-4H3. The highest BCUT2D eigenvalue weighted by Crippen LogP contribution is 2.27. The van der Waals surface area contributed by atoms with Crippen LogP contribution in [-0.4, -0.2) is 0 Å². The van der Waals surface area contributed by atoms with Gasteiger partial charge in [-0.1, -0.05) is 51.4 Å². The topological polar surface area (TPSA) is 0 Å². The van der Waals surface area contributed by atoms with Crippen LogP contribution in [0.5, 0.6) is 0 Å². The van der Waals surface area contributed by atoms with Crippen LogP contribution in [0.4, 0.5) is 0 Å². The molecule has 1 aromatic rings. The van der Waals surface area contributed by atoms with E-state index in [4.69, 9.17) is 11.6 Å². The molecule has 0 unspecified atom stereocenters. The van der Waals surface area contributed by atoms with Crippen molar-refractivity contribution in [1.29, 1.82) is 0 Å². The lowest BCUT2D eigenvalue weighted by Gasteiger charge is -2.12. The first-order valence-electron chi connectivity index (χ1n) is 4.81. The van der Waals surface area contributed by atoms with E-state index in [0.717, 1.165) is 5.02 Å². The molecule has 0 aromatic heterocycles. The van der Waals surface area contributed by atoms with Gasteiger partial charge in [0, 0.05) is 5.02 Å². The summed E-state index contributed by atoms with van der Waals surface area (Å²) in [5.74, 6) is 1.08. The first-order chi connectivity index (χ1) is 6.02. The Kier molecular flexibility index (Phi) is 3.38. The Balaban J connectivity index is 3.11. The number of hydrogen-bond acceptors (Lipinski definition) is 0. The van der Waals surface area contributed by atoms with E-state index in [2.05, 4.69) is 39.8 Å². The predicted octanol–water partition coefficient (Wildman–Crippen LogP) is 4.59. The van der Waals surface area contributed by atoms with Crippen molar-refractivity contribution in [3.8, 4) is 0 Å². The summed E-state index contributed by atoms with van der Waals surface area (Å²) in [5, 5.41) is 0.888. The molecule has 0 N–H and O–H groups in total. The number of hydrogen-bond donors (Lipinski definition) is 0. The molecule has 0 bridgehead atoms. The lowest BCUT2D eigenvalue weighted by Crippen LogP contribution is -1.93. The van der Waals surface area contributed by atoms with Crippen molar-refractivity contribution >= 4 is 11.6 Å². The van der Waals surface area contributed by atoms with Crippen molar-refractivity contribution < 1.29 is 0 Å². The molecule has 72 valence electrons. The molecule has 0 fully saturated rings. The average molecular weight is 197 g/mol. The van der Waals surface area contributed by atoms with E-state index in [-0.39, 0.29) is 0 Å². The summed E-state index contributed by atoms with van der Waals surface area (Å²) in [6.07, 6.45) is 0. The van der Waals surface area contributed by atoms with Crippen LogP contribution in [0.15, 0.2) is 18.2 Å². The van der Waals surface area contributed by atoms with Crippen LogP contribution in [0.3, 0.4) is 0 Å². The third-order valence-electron chi connectivity index (χ3n) is 2.31. The summed E-state index contributed by atoms with van der Waals surface area (Å²) < 4.78 is 0. The first-order valence-corrected chi connectivity index (χ1v) is 5.19. The number of benzene rings is 1. The second-order valence-electron chi connectivity index (χ2n) is 4.09. The molecule has 0 aliphatic heterocycles. The second-order valence-corrected chi connectivity index (χ2v) is 4.50. The van der Waals surface area contributed by atoms with Crippen LogP contribution in [-0.2, 0) is 0 Å². The highest BCUT2D eigenvalue weighted by molar-refractivity contribution is 6.31. The molecule has 0 heterocycles. The van der Waals surface area contributed by atoms with Gasteiger partial charge >= 0.3 is 0 Å². The normalized spacial score (nSPS) is 11.3. The fourth-order valence-electron chi connectivity index (χ4n) is 1.36. The van der Waals surface area contributed by atoms with Crippen LogP contribution < -0.4 is 0 Å². The van der Waals surface area contributed by atoms with Crippen molar-refractivity contribution in [2.24, 2.45) is 0 Å². The summed E-state index contributed by atoms with van der Waals surface area (Å²) in [6.45, 7) is 8.75. The quantitative estimate of drug-likeness (QED) is 0.649. The molecule has 0 amide bonds. The zero-order chi connectivity index (χ0) is 10.0. The van der Waals surface area contributed by atoms with Gasteiger partial charge in [0.05, 0.1) is 0 Å². The molecule has 1 rings (SSSR count). The molecule has 0 saturated heterocycles. The van der Waals surface area contributed by atoms with Crippen LogP contribution in [0, 0.1) is 0 Å². The molecule has 0 atom stereocenters. The Hall–Kier alpha value is -0.490. The maximum absolute atomic E-state index is 6.10. The predicted molar refractivity (Wildman–Crippen MR) is 59.6 cm³/mol. The van der Waals surface area contributed by atoms with Crippen molar-refractivity contribution in [2.45, 2.75) is 39.5 Å². The average Bonchev–Trinajstić information content (AvgIpc) is 2.04. The van der Waals surface area contributed by atoms with Crippen molar-refractivity contribution in [3.63, 3.8) is 0 Å². The zero-order valence-electron chi connectivity index (χ0n) is 8.76.